The third kappa shape index (κ3) is 5.45. The highest BCUT2D eigenvalue weighted by molar-refractivity contribution is 9.10. The second kappa shape index (κ2) is 10.7. The van der Waals surface area contributed by atoms with Gasteiger partial charge in [0.25, 0.3) is 11.8 Å². The van der Waals surface area contributed by atoms with Gasteiger partial charge in [0.1, 0.15) is 12.2 Å². The SMILES string of the molecule is COc1cc(C=C2C(=O)NC(=S)N(c3cccc(C(=O)O)c3)C2=O)ccc1OCc1ccc(Br)cc1. The summed E-state index contributed by atoms with van der Waals surface area (Å²) in [6.45, 7) is 0.326. The van der Waals surface area contributed by atoms with Gasteiger partial charge >= 0.3 is 5.97 Å². The Kier molecular flexibility index (Phi) is 7.47. The van der Waals surface area contributed by atoms with E-state index in [0.29, 0.717) is 23.7 Å². The Morgan fingerprint density at radius 1 is 1.08 bits per heavy atom. The van der Waals surface area contributed by atoms with Gasteiger partial charge in [-0.1, -0.05) is 40.2 Å². The number of hydrogen-bond donors (Lipinski definition) is 2. The van der Waals surface area contributed by atoms with Crippen molar-refractivity contribution in [1.29, 1.82) is 0 Å². The van der Waals surface area contributed by atoms with E-state index >= 15 is 0 Å². The Hall–Kier alpha value is -4.02. The van der Waals surface area contributed by atoms with Gasteiger partial charge in [0.15, 0.2) is 16.6 Å². The van der Waals surface area contributed by atoms with E-state index in [1.165, 1.54) is 37.5 Å². The molecule has 0 bridgehead atoms. The number of rotatable bonds is 7. The summed E-state index contributed by atoms with van der Waals surface area (Å²) in [4.78, 5) is 38.3. The lowest BCUT2D eigenvalue weighted by molar-refractivity contribution is -0.122. The maximum Gasteiger partial charge on any atom is 0.335 e. The first-order valence-electron chi connectivity index (χ1n) is 10.6. The summed E-state index contributed by atoms with van der Waals surface area (Å²) in [5.74, 6) is -1.57. The van der Waals surface area contributed by atoms with Crippen LogP contribution in [0, 0.1) is 0 Å². The van der Waals surface area contributed by atoms with Crippen molar-refractivity contribution in [3.8, 4) is 11.5 Å². The minimum atomic E-state index is -1.15. The van der Waals surface area contributed by atoms with E-state index in [4.69, 9.17) is 21.7 Å². The van der Waals surface area contributed by atoms with Crippen LogP contribution in [0.3, 0.4) is 0 Å². The first kappa shape index (κ1) is 25.1. The molecule has 0 aromatic heterocycles. The minimum absolute atomic E-state index is 0.0195. The molecule has 1 heterocycles. The molecule has 2 N–H and O–H groups in total. The lowest BCUT2D eigenvalue weighted by atomic mass is 10.1. The van der Waals surface area contributed by atoms with Crippen LogP contribution in [0.5, 0.6) is 11.5 Å². The zero-order chi connectivity index (χ0) is 25.8. The van der Waals surface area contributed by atoms with Crippen LogP contribution in [-0.4, -0.2) is 35.1 Å². The number of halogens is 1. The predicted molar refractivity (Wildman–Crippen MR) is 141 cm³/mol. The number of carbonyl (C=O) groups excluding carboxylic acids is 2. The number of carboxylic acid groups (broad SMARTS) is 1. The van der Waals surface area contributed by atoms with E-state index in [1.807, 2.05) is 24.3 Å². The first-order chi connectivity index (χ1) is 17.3. The molecule has 4 rings (SSSR count). The van der Waals surface area contributed by atoms with E-state index in [1.54, 1.807) is 18.2 Å². The fourth-order valence-corrected chi connectivity index (χ4v) is 4.02. The Morgan fingerprint density at radius 2 is 1.83 bits per heavy atom. The molecule has 1 aliphatic rings. The number of ether oxygens (including phenoxy) is 2. The van der Waals surface area contributed by atoms with Crippen LogP contribution in [0.2, 0.25) is 0 Å². The second-order valence-electron chi connectivity index (χ2n) is 7.64. The Morgan fingerprint density at radius 3 is 2.53 bits per heavy atom. The van der Waals surface area contributed by atoms with Crippen molar-refractivity contribution < 1.29 is 29.0 Å². The fourth-order valence-electron chi connectivity index (χ4n) is 3.47. The molecule has 3 aromatic carbocycles. The molecule has 0 atom stereocenters. The van der Waals surface area contributed by atoms with Gasteiger partial charge < -0.3 is 14.6 Å². The maximum atomic E-state index is 13.2. The lowest BCUT2D eigenvalue weighted by Gasteiger charge is -2.29. The van der Waals surface area contributed by atoms with Crippen molar-refractivity contribution in [2.45, 2.75) is 6.61 Å². The zero-order valence-electron chi connectivity index (χ0n) is 18.9. The number of hydrogen-bond acceptors (Lipinski definition) is 6. The van der Waals surface area contributed by atoms with Gasteiger partial charge in [0, 0.05) is 4.47 Å². The smallest absolute Gasteiger partial charge is 0.335 e. The van der Waals surface area contributed by atoms with E-state index in [-0.39, 0.29) is 21.9 Å². The number of carboxylic acids is 1. The van der Waals surface area contributed by atoms with Gasteiger partial charge in [-0.25, -0.2) is 4.79 Å². The molecule has 0 saturated carbocycles. The van der Waals surface area contributed by atoms with Crippen molar-refractivity contribution >= 4 is 62.8 Å². The number of anilines is 1. The average Bonchev–Trinajstić information content (AvgIpc) is 2.86. The molecule has 0 spiro atoms. The zero-order valence-corrected chi connectivity index (χ0v) is 21.3. The van der Waals surface area contributed by atoms with Crippen LogP contribution in [0.25, 0.3) is 6.08 Å². The molecule has 8 nitrogen and oxygen atoms in total. The molecule has 0 radical (unpaired) electrons. The first-order valence-corrected chi connectivity index (χ1v) is 11.8. The quantitative estimate of drug-likeness (QED) is 0.245. The van der Waals surface area contributed by atoms with Crippen LogP contribution in [0.1, 0.15) is 21.5 Å². The molecule has 2 amide bonds. The van der Waals surface area contributed by atoms with E-state index in [2.05, 4.69) is 21.2 Å². The monoisotopic (exact) mass is 566 g/mol. The normalized spacial score (nSPS) is 14.6. The highest BCUT2D eigenvalue weighted by atomic mass is 79.9. The van der Waals surface area contributed by atoms with Crippen LogP contribution in [0.4, 0.5) is 5.69 Å². The van der Waals surface area contributed by atoms with Gasteiger partial charge in [0.05, 0.1) is 18.4 Å². The number of carbonyl (C=O) groups is 3. The summed E-state index contributed by atoms with van der Waals surface area (Å²) in [5.41, 5.74) is 1.53. The third-order valence-electron chi connectivity index (χ3n) is 5.26. The molecule has 1 aliphatic heterocycles. The number of nitrogens with one attached hydrogen (secondary N) is 1. The molecule has 10 heteroatoms. The average molecular weight is 567 g/mol. The summed E-state index contributed by atoms with van der Waals surface area (Å²) >= 11 is 8.58. The minimum Gasteiger partial charge on any atom is -0.493 e. The number of nitrogens with zero attached hydrogens (tertiary/aromatic N) is 1. The summed E-state index contributed by atoms with van der Waals surface area (Å²) in [6.07, 6.45) is 1.41. The van der Waals surface area contributed by atoms with Crippen LogP contribution in [-0.2, 0) is 16.2 Å². The second-order valence-corrected chi connectivity index (χ2v) is 8.94. The number of methoxy groups -OCH3 is 1. The molecule has 0 unspecified atom stereocenters. The van der Waals surface area contributed by atoms with E-state index in [0.717, 1.165) is 14.9 Å². The van der Waals surface area contributed by atoms with Crippen LogP contribution in [0.15, 0.2) is 76.8 Å². The topological polar surface area (TPSA) is 105 Å². The lowest BCUT2D eigenvalue weighted by Crippen LogP contribution is -2.54. The van der Waals surface area contributed by atoms with Gasteiger partial charge in [-0.05, 0) is 71.9 Å². The third-order valence-corrected chi connectivity index (χ3v) is 6.07. The molecule has 0 aliphatic carbocycles. The van der Waals surface area contributed by atoms with Crippen molar-refractivity contribution in [1.82, 2.24) is 5.32 Å². The van der Waals surface area contributed by atoms with Crippen molar-refractivity contribution in [3.63, 3.8) is 0 Å². The number of benzene rings is 3. The maximum absolute atomic E-state index is 13.2. The Labute approximate surface area is 220 Å². The van der Waals surface area contributed by atoms with Crippen LogP contribution < -0.4 is 19.7 Å². The molecule has 182 valence electrons. The standard InChI is InChI=1S/C26H19BrN2O6S/c1-34-22-12-16(7-10-21(22)35-14-15-5-8-18(27)9-6-15)11-20-23(30)28-26(36)29(24(20)31)19-4-2-3-17(13-19)25(32)33/h2-13H,14H2,1H3,(H,32,33)(H,28,30,36). The summed E-state index contributed by atoms with van der Waals surface area (Å²) in [6, 6.07) is 18.5. The molecule has 1 saturated heterocycles. The van der Waals surface area contributed by atoms with E-state index in [9.17, 15) is 19.5 Å². The summed E-state index contributed by atoms with van der Waals surface area (Å²) < 4.78 is 12.3. The summed E-state index contributed by atoms with van der Waals surface area (Å²) in [5, 5.41) is 11.6. The largest absolute Gasteiger partial charge is 0.493 e. The summed E-state index contributed by atoms with van der Waals surface area (Å²) in [7, 11) is 1.49. The molecular weight excluding hydrogens is 548 g/mol. The van der Waals surface area contributed by atoms with Gasteiger partial charge in [0.2, 0.25) is 0 Å². The van der Waals surface area contributed by atoms with Crippen LogP contribution >= 0.6 is 28.1 Å². The fraction of sp³-hybridized carbons (Fsp3) is 0.0769. The Bertz CT molecular complexity index is 1400. The van der Waals surface area contributed by atoms with Crippen molar-refractivity contribution in [3.05, 3.63) is 93.5 Å². The van der Waals surface area contributed by atoms with Gasteiger partial charge in [-0.15, -0.1) is 0 Å². The Balaban J connectivity index is 1.60. The molecule has 3 aromatic rings. The van der Waals surface area contributed by atoms with Gasteiger partial charge in [-0.3, -0.25) is 19.8 Å². The predicted octanol–water partition coefficient (Wildman–Crippen LogP) is 4.57. The number of amides is 2. The molecule has 1 fully saturated rings. The highest BCUT2D eigenvalue weighted by Gasteiger charge is 2.34. The molecule has 36 heavy (non-hydrogen) atoms. The number of thiocarbonyl (C=S) groups is 1. The number of aromatic carboxylic acids is 1. The van der Waals surface area contributed by atoms with E-state index < -0.39 is 17.8 Å². The highest BCUT2D eigenvalue weighted by Crippen LogP contribution is 2.31. The van der Waals surface area contributed by atoms with Crippen molar-refractivity contribution in [2.75, 3.05) is 12.0 Å². The van der Waals surface area contributed by atoms with Gasteiger partial charge in [-0.2, -0.15) is 0 Å². The molecular formula is C26H19BrN2O6S. The van der Waals surface area contributed by atoms with Crippen molar-refractivity contribution in [2.24, 2.45) is 0 Å².